The van der Waals surface area contributed by atoms with E-state index in [4.69, 9.17) is 11.5 Å². The number of nitrogens with zero attached hydrogens (tertiary/aromatic N) is 1. The molecular weight excluding hydrogens is 248 g/mol. The molecule has 102 valence electrons. The zero-order valence-corrected chi connectivity index (χ0v) is 11.8. The molecule has 0 unspecified atom stereocenters. The zero-order valence-electron chi connectivity index (χ0n) is 11.0. The van der Waals surface area contributed by atoms with E-state index in [-0.39, 0.29) is 11.4 Å². The Morgan fingerprint density at radius 3 is 2.72 bits per heavy atom. The quantitative estimate of drug-likeness (QED) is 0.686. The van der Waals surface area contributed by atoms with E-state index in [1.54, 1.807) is 5.38 Å². The van der Waals surface area contributed by atoms with Gasteiger partial charge >= 0.3 is 0 Å². The molecule has 6 heteroatoms. The van der Waals surface area contributed by atoms with Crippen LogP contribution in [0.4, 0.5) is 0 Å². The third-order valence-corrected chi connectivity index (χ3v) is 4.06. The number of nitrogens with one attached hydrogen (secondary N) is 1. The summed E-state index contributed by atoms with van der Waals surface area (Å²) in [7, 11) is 0. The van der Waals surface area contributed by atoms with E-state index in [0.29, 0.717) is 25.2 Å². The van der Waals surface area contributed by atoms with Gasteiger partial charge in [0.15, 0.2) is 0 Å². The second-order valence-electron chi connectivity index (χ2n) is 4.42. The minimum atomic E-state index is -0.328. The lowest BCUT2D eigenvalue weighted by molar-refractivity contribution is 0.0937. The van der Waals surface area contributed by atoms with Crippen LogP contribution < -0.4 is 16.8 Å². The monoisotopic (exact) mass is 270 g/mol. The molecule has 1 rings (SSSR count). The van der Waals surface area contributed by atoms with Crippen LogP contribution in [0.2, 0.25) is 0 Å². The lowest BCUT2D eigenvalue weighted by Crippen LogP contribution is -2.49. The molecule has 0 aliphatic heterocycles. The van der Waals surface area contributed by atoms with Crippen LogP contribution in [0.3, 0.4) is 0 Å². The minimum Gasteiger partial charge on any atom is -0.349 e. The van der Waals surface area contributed by atoms with Gasteiger partial charge in [-0.2, -0.15) is 0 Å². The molecule has 0 aliphatic rings. The maximum Gasteiger partial charge on any atom is 0.270 e. The van der Waals surface area contributed by atoms with Gasteiger partial charge < -0.3 is 16.8 Å². The molecule has 0 aromatic carbocycles. The molecular formula is C12H22N4OS. The first-order chi connectivity index (χ1) is 8.54. The summed E-state index contributed by atoms with van der Waals surface area (Å²) >= 11 is 1.46. The van der Waals surface area contributed by atoms with E-state index in [2.05, 4.69) is 10.3 Å². The standard InChI is InChI=1S/C12H22N4OS/c1-3-12(14,4-2)8-15-11(17)9-7-18-10(16-9)5-6-13/h7H,3-6,8,13-14H2,1-2H3,(H,15,17). The van der Waals surface area contributed by atoms with E-state index >= 15 is 0 Å². The number of hydrogen-bond acceptors (Lipinski definition) is 5. The predicted octanol–water partition coefficient (Wildman–Crippen LogP) is 0.892. The molecule has 1 aromatic rings. The summed E-state index contributed by atoms with van der Waals surface area (Å²) in [4.78, 5) is 16.1. The number of carbonyl (C=O) groups is 1. The third kappa shape index (κ3) is 4.04. The number of nitrogens with two attached hydrogens (primary N) is 2. The molecule has 0 saturated heterocycles. The largest absolute Gasteiger partial charge is 0.349 e. The number of thiazole rings is 1. The average Bonchev–Trinajstić information content (AvgIpc) is 2.85. The van der Waals surface area contributed by atoms with Crippen molar-refractivity contribution in [1.29, 1.82) is 0 Å². The predicted molar refractivity (Wildman–Crippen MR) is 74.7 cm³/mol. The molecule has 0 aliphatic carbocycles. The summed E-state index contributed by atoms with van der Waals surface area (Å²) in [6, 6.07) is 0. The Balaban J connectivity index is 2.54. The summed E-state index contributed by atoms with van der Waals surface area (Å²) in [5.41, 5.74) is 11.7. The maximum atomic E-state index is 11.9. The van der Waals surface area contributed by atoms with Gasteiger partial charge in [0.05, 0.1) is 5.01 Å². The Bertz CT molecular complexity index is 387. The molecule has 0 fully saturated rings. The third-order valence-electron chi connectivity index (χ3n) is 3.15. The average molecular weight is 270 g/mol. The number of amides is 1. The lowest BCUT2D eigenvalue weighted by Gasteiger charge is -2.26. The fourth-order valence-electron chi connectivity index (χ4n) is 1.50. The van der Waals surface area contributed by atoms with Gasteiger partial charge in [-0.3, -0.25) is 4.79 Å². The van der Waals surface area contributed by atoms with Crippen molar-refractivity contribution in [1.82, 2.24) is 10.3 Å². The van der Waals surface area contributed by atoms with Crippen LogP contribution in [0.25, 0.3) is 0 Å². The van der Waals surface area contributed by atoms with E-state index in [9.17, 15) is 4.79 Å². The first-order valence-corrected chi connectivity index (χ1v) is 7.14. The smallest absolute Gasteiger partial charge is 0.270 e. The van der Waals surface area contributed by atoms with Crippen LogP contribution in [0, 0.1) is 0 Å². The van der Waals surface area contributed by atoms with E-state index in [0.717, 1.165) is 17.8 Å². The number of hydrogen-bond donors (Lipinski definition) is 3. The highest BCUT2D eigenvalue weighted by Gasteiger charge is 2.21. The molecule has 5 N–H and O–H groups in total. The molecule has 5 nitrogen and oxygen atoms in total. The Hall–Kier alpha value is -0.980. The fraction of sp³-hybridized carbons (Fsp3) is 0.667. The molecule has 0 bridgehead atoms. The SMILES string of the molecule is CCC(N)(CC)CNC(=O)c1csc(CCN)n1. The van der Waals surface area contributed by atoms with Crippen molar-refractivity contribution < 1.29 is 4.79 Å². The number of carbonyl (C=O) groups excluding carboxylic acids is 1. The Kier molecular flexibility index (Phi) is 5.71. The number of rotatable bonds is 7. The van der Waals surface area contributed by atoms with E-state index < -0.39 is 0 Å². The van der Waals surface area contributed by atoms with Gasteiger partial charge in [0.2, 0.25) is 0 Å². The van der Waals surface area contributed by atoms with Crippen LogP contribution in [-0.2, 0) is 6.42 Å². The van der Waals surface area contributed by atoms with Crippen LogP contribution in [0.1, 0.15) is 42.2 Å². The van der Waals surface area contributed by atoms with Crippen LogP contribution >= 0.6 is 11.3 Å². The summed E-state index contributed by atoms with van der Waals surface area (Å²) in [5.74, 6) is -0.161. The van der Waals surface area contributed by atoms with Crippen LogP contribution in [0.5, 0.6) is 0 Å². The van der Waals surface area contributed by atoms with Gasteiger partial charge in [0, 0.05) is 23.9 Å². The zero-order chi connectivity index (χ0) is 13.6. The van der Waals surface area contributed by atoms with Crippen molar-refractivity contribution in [3.05, 3.63) is 16.1 Å². The van der Waals surface area contributed by atoms with Crippen molar-refractivity contribution in [2.75, 3.05) is 13.1 Å². The van der Waals surface area contributed by atoms with Crippen molar-refractivity contribution >= 4 is 17.2 Å². The van der Waals surface area contributed by atoms with Gasteiger partial charge in [0.25, 0.3) is 5.91 Å². The Morgan fingerprint density at radius 1 is 1.50 bits per heavy atom. The fourth-order valence-corrected chi connectivity index (χ4v) is 2.29. The van der Waals surface area contributed by atoms with E-state index in [1.165, 1.54) is 11.3 Å². The summed E-state index contributed by atoms with van der Waals surface area (Å²) in [6.07, 6.45) is 2.38. The van der Waals surface area contributed by atoms with Crippen LogP contribution in [-0.4, -0.2) is 29.5 Å². The van der Waals surface area contributed by atoms with Crippen molar-refractivity contribution in [2.45, 2.75) is 38.6 Å². The van der Waals surface area contributed by atoms with Crippen molar-refractivity contribution in [3.63, 3.8) is 0 Å². The highest BCUT2D eigenvalue weighted by Crippen LogP contribution is 2.12. The summed E-state index contributed by atoms with van der Waals surface area (Å²) in [5, 5.41) is 5.50. The normalized spacial score (nSPS) is 11.6. The number of aromatic nitrogens is 1. The molecule has 1 aromatic heterocycles. The first kappa shape index (κ1) is 15.1. The van der Waals surface area contributed by atoms with Gasteiger partial charge in [-0.1, -0.05) is 13.8 Å². The molecule has 0 spiro atoms. The summed E-state index contributed by atoms with van der Waals surface area (Å²) < 4.78 is 0. The molecule has 1 amide bonds. The Labute approximate surface area is 112 Å². The second kappa shape index (κ2) is 6.82. The van der Waals surface area contributed by atoms with Gasteiger partial charge in [0.1, 0.15) is 5.69 Å². The molecule has 0 radical (unpaired) electrons. The van der Waals surface area contributed by atoms with Gasteiger partial charge in [-0.15, -0.1) is 11.3 Å². The van der Waals surface area contributed by atoms with Crippen LogP contribution in [0.15, 0.2) is 5.38 Å². The highest BCUT2D eigenvalue weighted by molar-refractivity contribution is 7.09. The Morgan fingerprint density at radius 2 is 2.17 bits per heavy atom. The van der Waals surface area contributed by atoms with E-state index in [1.807, 2.05) is 13.8 Å². The lowest BCUT2D eigenvalue weighted by atomic mass is 9.94. The van der Waals surface area contributed by atoms with Gasteiger partial charge in [-0.05, 0) is 19.4 Å². The van der Waals surface area contributed by atoms with Gasteiger partial charge in [-0.25, -0.2) is 4.98 Å². The molecule has 0 atom stereocenters. The molecule has 0 saturated carbocycles. The topological polar surface area (TPSA) is 94.0 Å². The van der Waals surface area contributed by atoms with Crippen molar-refractivity contribution in [2.24, 2.45) is 11.5 Å². The maximum absolute atomic E-state index is 11.9. The molecule has 18 heavy (non-hydrogen) atoms. The highest BCUT2D eigenvalue weighted by atomic mass is 32.1. The second-order valence-corrected chi connectivity index (χ2v) is 5.36. The summed E-state index contributed by atoms with van der Waals surface area (Å²) in [6.45, 7) is 5.07. The van der Waals surface area contributed by atoms with Crippen molar-refractivity contribution in [3.8, 4) is 0 Å². The minimum absolute atomic E-state index is 0.161. The first-order valence-electron chi connectivity index (χ1n) is 6.26. The molecule has 1 heterocycles.